The van der Waals surface area contributed by atoms with E-state index in [-0.39, 0.29) is 18.0 Å². The van der Waals surface area contributed by atoms with Gasteiger partial charge in [-0.15, -0.1) is 0 Å². The van der Waals surface area contributed by atoms with E-state index < -0.39 is 17.7 Å². The molecule has 6 heteroatoms. The van der Waals surface area contributed by atoms with Gasteiger partial charge in [-0.25, -0.2) is 9.37 Å². The first-order chi connectivity index (χ1) is 9.15. The number of carbonyl (C=O) groups excluding carboxylic acids is 1. The monoisotopic (exact) mass is 264 g/mol. The predicted octanol–water partition coefficient (Wildman–Crippen LogP) is 2.38. The summed E-state index contributed by atoms with van der Waals surface area (Å²) in [5, 5.41) is 2.36. The molecule has 98 valence electrons. The van der Waals surface area contributed by atoms with Crippen LogP contribution in [0.25, 0.3) is 0 Å². The van der Waals surface area contributed by atoms with Crippen LogP contribution in [0.4, 0.5) is 14.5 Å². The minimum atomic E-state index is -0.636. The van der Waals surface area contributed by atoms with E-state index in [4.69, 9.17) is 4.74 Å². The average molecular weight is 264 g/mol. The van der Waals surface area contributed by atoms with Crippen molar-refractivity contribution in [1.29, 1.82) is 0 Å². The highest BCUT2D eigenvalue weighted by molar-refractivity contribution is 5.91. The molecule has 1 aromatic heterocycles. The zero-order valence-corrected chi connectivity index (χ0v) is 9.77. The molecule has 1 heterocycles. The zero-order valence-electron chi connectivity index (χ0n) is 9.77. The Hall–Kier alpha value is -2.50. The van der Waals surface area contributed by atoms with Gasteiger partial charge in [-0.2, -0.15) is 4.39 Å². The first-order valence-electron chi connectivity index (χ1n) is 5.44. The minimum absolute atomic E-state index is 0.0772. The van der Waals surface area contributed by atoms with Crippen LogP contribution >= 0.6 is 0 Å². The van der Waals surface area contributed by atoms with Crippen LogP contribution in [0.2, 0.25) is 0 Å². The van der Waals surface area contributed by atoms with Crippen molar-refractivity contribution in [2.45, 2.75) is 0 Å². The first-order valence-corrected chi connectivity index (χ1v) is 5.44. The van der Waals surface area contributed by atoms with E-state index in [1.807, 2.05) is 0 Å². The van der Waals surface area contributed by atoms with Gasteiger partial charge in [0.2, 0.25) is 5.95 Å². The molecule has 1 N–H and O–H groups in total. The lowest BCUT2D eigenvalue weighted by Crippen LogP contribution is -2.20. The molecule has 0 spiro atoms. The van der Waals surface area contributed by atoms with E-state index >= 15 is 0 Å². The Morgan fingerprint density at radius 2 is 2.00 bits per heavy atom. The number of hydrogen-bond donors (Lipinski definition) is 1. The highest BCUT2D eigenvalue weighted by Gasteiger charge is 2.07. The van der Waals surface area contributed by atoms with E-state index in [1.54, 1.807) is 6.07 Å². The average Bonchev–Trinajstić information content (AvgIpc) is 2.41. The Morgan fingerprint density at radius 3 is 2.68 bits per heavy atom. The summed E-state index contributed by atoms with van der Waals surface area (Å²) < 4.78 is 30.9. The third-order valence-corrected chi connectivity index (χ3v) is 2.22. The summed E-state index contributed by atoms with van der Waals surface area (Å²) in [5.74, 6) is -1.43. The number of halogens is 2. The molecule has 0 saturated carbocycles. The number of nitrogens with zero attached hydrogens (tertiary/aromatic N) is 1. The van der Waals surface area contributed by atoms with Gasteiger partial charge in [0.05, 0.1) is 11.9 Å². The van der Waals surface area contributed by atoms with Crippen LogP contribution in [-0.4, -0.2) is 17.5 Å². The summed E-state index contributed by atoms with van der Waals surface area (Å²) in [5.41, 5.74) is 0.0772. The number of aromatic nitrogens is 1. The normalized spacial score (nSPS) is 10.0. The minimum Gasteiger partial charge on any atom is -0.482 e. The summed E-state index contributed by atoms with van der Waals surface area (Å²) in [6.45, 7) is -0.318. The first kappa shape index (κ1) is 12.9. The molecule has 0 radical (unpaired) electrons. The molecule has 0 aliphatic heterocycles. The van der Waals surface area contributed by atoms with Crippen LogP contribution in [0, 0.1) is 11.8 Å². The fourth-order valence-electron chi connectivity index (χ4n) is 1.35. The SMILES string of the molecule is O=C(COc1ccc(F)nc1)Nc1ccccc1F. The molecule has 0 bridgehead atoms. The zero-order chi connectivity index (χ0) is 13.7. The molecule has 2 aromatic rings. The summed E-state index contributed by atoms with van der Waals surface area (Å²) in [4.78, 5) is 14.9. The number of hydrogen-bond acceptors (Lipinski definition) is 3. The van der Waals surface area contributed by atoms with Crippen molar-refractivity contribution in [3.63, 3.8) is 0 Å². The second kappa shape index (κ2) is 5.90. The smallest absolute Gasteiger partial charge is 0.262 e. The number of benzene rings is 1. The number of anilines is 1. The molecule has 0 atom stereocenters. The summed E-state index contributed by atoms with van der Waals surface area (Å²) >= 11 is 0. The number of pyridine rings is 1. The van der Waals surface area contributed by atoms with Gasteiger partial charge in [-0.1, -0.05) is 12.1 Å². The van der Waals surface area contributed by atoms with Crippen LogP contribution in [0.1, 0.15) is 0 Å². The number of para-hydroxylation sites is 1. The van der Waals surface area contributed by atoms with Crippen LogP contribution in [0.15, 0.2) is 42.6 Å². The molecule has 0 aliphatic rings. The molecule has 19 heavy (non-hydrogen) atoms. The molecule has 1 aromatic carbocycles. The van der Waals surface area contributed by atoms with Gasteiger partial charge in [-0.05, 0) is 24.3 Å². The van der Waals surface area contributed by atoms with Crippen molar-refractivity contribution in [3.8, 4) is 5.75 Å². The van der Waals surface area contributed by atoms with Gasteiger partial charge in [0.15, 0.2) is 6.61 Å². The van der Waals surface area contributed by atoms with Crippen LogP contribution in [-0.2, 0) is 4.79 Å². The quantitative estimate of drug-likeness (QED) is 0.862. The third-order valence-electron chi connectivity index (χ3n) is 2.22. The number of nitrogens with one attached hydrogen (secondary N) is 1. The van der Waals surface area contributed by atoms with Crippen molar-refractivity contribution in [3.05, 3.63) is 54.4 Å². The topological polar surface area (TPSA) is 51.2 Å². The van der Waals surface area contributed by atoms with Gasteiger partial charge < -0.3 is 10.1 Å². The lowest BCUT2D eigenvalue weighted by molar-refractivity contribution is -0.118. The van der Waals surface area contributed by atoms with Crippen molar-refractivity contribution in [2.24, 2.45) is 0 Å². The molecule has 1 amide bonds. The van der Waals surface area contributed by atoms with Gasteiger partial charge in [0.25, 0.3) is 5.91 Å². The van der Waals surface area contributed by atoms with Crippen molar-refractivity contribution >= 4 is 11.6 Å². The fourth-order valence-corrected chi connectivity index (χ4v) is 1.35. The Morgan fingerprint density at radius 1 is 1.21 bits per heavy atom. The Balaban J connectivity index is 1.88. The maximum Gasteiger partial charge on any atom is 0.262 e. The van der Waals surface area contributed by atoms with Gasteiger partial charge in [-0.3, -0.25) is 4.79 Å². The predicted molar refractivity (Wildman–Crippen MR) is 64.7 cm³/mol. The maximum absolute atomic E-state index is 13.3. The summed E-state index contributed by atoms with van der Waals surface area (Å²) in [6, 6.07) is 8.25. The van der Waals surface area contributed by atoms with E-state index in [9.17, 15) is 13.6 Å². The summed E-state index contributed by atoms with van der Waals surface area (Å²) in [7, 11) is 0. The van der Waals surface area contributed by atoms with E-state index in [1.165, 1.54) is 24.3 Å². The lowest BCUT2D eigenvalue weighted by Gasteiger charge is -2.07. The van der Waals surface area contributed by atoms with E-state index in [0.29, 0.717) is 0 Å². The van der Waals surface area contributed by atoms with Crippen molar-refractivity contribution in [2.75, 3.05) is 11.9 Å². The number of amides is 1. The molecule has 0 aliphatic carbocycles. The molecular formula is C13H10F2N2O2. The van der Waals surface area contributed by atoms with Gasteiger partial charge >= 0.3 is 0 Å². The molecule has 0 saturated heterocycles. The van der Waals surface area contributed by atoms with E-state index in [0.717, 1.165) is 12.3 Å². The molecule has 4 nitrogen and oxygen atoms in total. The second-order valence-corrected chi connectivity index (χ2v) is 3.63. The standard InChI is InChI=1S/C13H10F2N2O2/c14-10-3-1-2-4-11(10)17-13(18)8-19-9-5-6-12(15)16-7-9/h1-7H,8H2,(H,17,18). The molecule has 0 fully saturated rings. The third kappa shape index (κ3) is 3.74. The van der Waals surface area contributed by atoms with Crippen molar-refractivity contribution < 1.29 is 18.3 Å². The Kier molecular flexibility index (Phi) is 4.02. The van der Waals surface area contributed by atoms with Crippen LogP contribution in [0.5, 0.6) is 5.75 Å². The Bertz CT molecular complexity index is 573. The molecule has 0 unspecified atom stereocenters. The van der Waals surface area contributed by atoms with Crippen molar-refractivity contribution in [1.82, 2.24) is 4.98 Å². The van der Waals surface area contributed by atoms with E-state index in [2.05, 4.69) is 10.3 Å². The highest BCUT2D eigenvalue weighted by Crippen LogP contribution is 2.12. The highest BCUT2D eigenvalue weighted by atomic mass is 19.1. The molecular weight excluding hydrogens is 254 g/mol. The lowest BCUT2D eigenvalue weighted by atomic mass is 10.3. The Labute approximate surface area is 108 Å². The van der Waals surface area contributed by atoms with Crippen LogP contribution in [0.3, 0.4) is 0 Å². The maximum atomic E-state index is 13.3. The number of carbonyl (C=O) groups is 1. The van der Waals surface area contributed by atoms with Gasteiger partial charge in [0.1, 0.15) is 11.6 Å². The fraction of sp³-hybridized carbons (Fsp3) is 0.0769. The largest absolute Gasteiger partial charge is 0.482 e. The number of ether oxygens (including phenoxy) is 1. The second-order valence-electron chi connectivity index (χ2n) is 3.63. The van der Waals surface area contributed by atoms with Crippen LogP contribution < -0.4 is 10.1 Å². The molecule has 2 rings (SSSR count). The summed E-state index contributed by atoms with van der Waals surface area (Å²) in [6.07, 6.45) is 1.16. The van der Waals surface area contributed by atoms with Gasteiger partial charge in [0, 0.05) is 0 Å². The number of rotatable bonds is 4.